The molecule has 4 rings (SSSR count). The van der Waals surface area contributed by atoms with Crippen LogP contribution in [0.25, 0.3) is 0 Å². The van der Waals surface area contributed by atoms with Crippen LogP contribution in [0.5, 0.6) is 5.75 Å². The molecule has 1 saturated heterocycles. The molecular formula is C22H21FN4O3. The first-order valence-corrected chi connectivity index (χ1v) is 9.53. The molecule has 7 nitrogen and oxygen atoms in total. The Kier molecular flexibility index (Phi) is 5.58. The Morgan fingerprint density at radius 1 is 1.20 bits per heavy atom. The Bertz CT molecular complexity index is 1040. The molecule has 8 heteroatoms. The first-order chi connectivity index (χ1) is 14.5. The monoisotopic (exact) mass is 408 g/mol. The van der Waals surface area contributed by atoms with Crippen LogP contribution in [0.4, 0.5) is 15.9 Å². The van der Waals surface area contributed by atoms with E-state index in [0.717, 1.165) is 11.1 Å². The number of nitrogens with zero attached hydrogens (tertiary/aromatic N) is 3. The van der Waals surface area contributed by atoms with Crippen molar-refractivity contribution in [2.75, 3.05) is 23.3 Å². The number of aliphatic hydroxyl groups excluding tert-OH is 1. The molecule has 0 atom stereocenters. The van der Waals surface area contributed by atoms with Crippen LogP contribution in [0.1, 0.15) is 21.6 Å². The standard InChI is InChI=1S/C22H21FN4O3/c1-14-2-5-16(23)8-20(14)30-18-11-27(12-18)21-10-24-19(9-25-21)22(29)26-17-6-3-15(13-28)4-7-17/h2-10,18,28H,11-13H2,1H3,(H,26,29). The van der Waals surface area contributed by atoms with Gasteiger partial charge in [-0.3, -0.25) is 4.79 Å². The summed E-state index contributed by atoms with van der Waals surface area (Å²) in [5.74, 6) is 0.507. The molecule has 3 aromatic rings. The van der Waals surface area contributed by atoms with Crippen molar-refractivity contribution in [3.05, 3.63) is 77.5 Å². The number of hydrogen-bond acceptors (Lipinski definition) is 6. The molecule has 0 bridgehead atoms. The van der Waals surface area contributed by atoms with Gasteiger partial charge in [0.2, 0.25) is 0 Å². The van der Waals surface area contributed by atoms with Crippen LogP contribution in [0.2, 0.25) is 0 Å². The molecule has 1 aliphatic heterocycles. The normalized spacial score (nSPS) is 13.6. The number of carbonyl (C=O) groups excluding carboxylic acids is 1. The Morgan fingerprint density at radius 2 is 1.97 bits per heavy atom. The van der Waals surface area contributed by atoms with E-state index in [-0.39, 0.29) is 30.1 Å². The Balaban J connectivity index is 1.31. The molecular weight excluding hydrogens is 387 g/mol. The summed E-state index contributed by atoms with van der Waals surface area (Å²) in [5.41, 5.74) is 2.46. The van der Waals surface area contributed by atoms with E-state index in [1.165, 1.54) is 18.3 Å². The van der Waals surface area contributed by atoms with E-state index in [9.17, 15) is 9.18 Å². The minimum absolute atomic E-state index is 0.0502. The lowest BCUT2D eigenvalue weighted by Crippen LogP contribution is -2.54. The fraction of sp³-hybridized carbons (Fsp3) is 0.227. The van der Waals surface area contributed by atoms with Crippen LogP contribution in [-0.4, -0.2) is 40.2 Å². The molecule has 2 heterocycles. The van der Waals surface area contributed by atoms with Gasteiger partial charge in [-0.1, -0.05) is 18.2 Å². The Labute approximate surface area is 173 Å². The minimum Gasteiger partial charge on any atom is -0.486 e. The number of carbonyl (C=O) groups is 1. The average Bonchev–Trinajstić information content (AvgIpc) is 2.73. The van der Waals surface area contributed by atoms with Crippen LogP contribution in [0, 0.1) is 12.7 Å². The van der Waals surface area contributed by atoms with Crippen molar-refractivity contribution >= 4 is 17.4 Å². The number of halogens is 1. The Morgan fingerprint density at radius 3 is 2.63 bits per heavy atom. The number of anilines is 2. The predicted octanol–water partition coefficient (Wildman–Crippen LogP) is 2.94. The third kappa shape index (κ3) is 4.38. The van der Waals surface area contributed by atoms with Crippen molar-refractivity contribution < 1.29 is 19.0 Å². The number of amides is 1. The highest BCUT2D eigenvalue weighted by Gasteiger charge is 2.30. The van der Waals surface area contributed by atoms with E-state index in [0.29, 0.717) is 30.3 Å². The molecule has 0 aliphatic carbocycles. The average molecular weight is 408 g/mol. The summed E-state index contributed by atoms with van der Waals surface area (Å²) in [7, 11) is 0. The number of aryl methyl sites for hydroxylation is 1. The first kappa shape index (κ1) is 19.8. The van der Waals surface area contributed by atoms with Crippen molar-refractivity contribution in [3.63, 3.8) is 0 Å². The lowest BCUT2D eigenvalue weighted by atomic mass is 10.1. The van der Waals surface area contributed by atoms with Crippen LogP contribution < -0.4 is 15.0 Å². The van der Waals surface area contributed by atoms with Crippen molar-refractivity contribution in [2.45, 2.75) is 19.6 Å². The molecule has 1 aromatic heterocycles. The molecule has 0 unspecified atom stereocenters. The smallest absolute Gasteiger partial charge is 0.275 e. The first-order valence-electron chi connectivity index (χ1n) is 9.53. The topological polar surface area (TPSA) is 87.6 Å². The van der Waals surface area contributed by atoms with Gasteiger partial charge in [0, 0.05) is 11.8 Å². The minimum atomic E-state index is -0.364. The lowest BCUT2D eigenvalue weighted by Gasteiger charge is -2.39. The number of nitrogens with one attached hydrogen (secondary N) is 1. The summed E-state index contributed by atoms with van der Waals surface area (Å²) in [6.45, 7) is 3.04. The van der Waals surface area contributed by atoms with Crippen molar-refractivity contribution in [3.8, 4) is 5.75 Å². The second-order valence-corrected chi connectivity index (χ2v) is 7.12. The molecule has 1 fully saturated rings. The summed E-state index contributed by atoms with van der Waals surface area (Å²) in [6, 6.07) is 11.4. The molecule has 2 N–H and O–H groups in total. The number of aliphatic hydroxyl groups is 1. The van der Waals surface area contributed by atoms with Crippen molar-refractivity contribution in [1.29, 1.82) is 0 Å². The zero-order chi connectivity index (χ0) is 21.1. The lowest BCUT2D eigenvalue weighted by molar-refractivity contribution is 0.102. The van der Waals surface area contributed by atoms with E-state index < -0.39 is 0 Å². The third-order valence-corrected chi connectivity index (χ3v) is 4.88. The summed E-state index contributed by atoms with van der Waals surface area (Å²) in [6.07, 6.45) is 2.92. The van der Waals surface area contributed by atoms with Crippen LogP contribution in [0.15, 0.2) is 54.9 Å². The molecule has 1 aliphatic rings. The molecule has 0 saturated carbocycles. The van der Waals surface area contributed by atoms with Crippen LogP contribution in [-0.2, 0) is 6.61 Å². The van der Waals surface area contributed by atoms with Gasteiger partial charge in [-0.25, -0.2) is 14.4 Å². The summed E-state index contributed by atoms with van der Waals surface area (Å²) >= 11 is 0. The maximum atomic E-state index is 13.4. The predicted molar refractivity (Wildman–Crippen MR) is 110 cm³/mol. The van der Waals surface area contributed by atoms with Gasteiger partial charge in [-0.15, -0.1) is 0 Å². The molecule has 154 valence electrons. The van der Waals surface area contributed by atoms with Gasteiger partial charge >= 0.3 is 0 Å². The van der Waals surface area contributed by atoms with Gasteiger partial charge in [0.05, 0.1) is 32.1 Å². The van der Waals surface area contributed by atoms with Gasteiger partial charge < -0.3 is 20.1 Å². The second kappa shape index (κ2) is 8.46. The van der Waals surface area contributed by atoms with E-state index in [2.05, 4.69) is 15.3 Å². The largest absolute Gasteiger partial charge is 0.486 e. The van der Waals surface area contributed by atoms with Crippen molar-refractivity contribution in [2.24, 2.45) is 0 Å². The quantitative estimate of drug-likeness (QED) is 0.652. The zero-order valence-corrected chi connectivity index (χ0v) is 16.4. The summed E-state index contributed by atoms with van der Waals surface area (Å²) < 4.78 is 19.2. The zero-order valence-electron chi connectivity index (χ0n) is 16.4. The number of aromatic nitrogens is 2. The van der Waals surface area contributed by atoms with E-state index in [4.69, 9.17) is 9.84 Å². The van der Waals surface area contributed by atoms with Gasteiger partial charge in [-0.2, -0.15) is 0 Å². The number of hydrogen-bond donors (Lipinski definition) is 2. The van der Waals surface area contributed by atoms with Crippen LogP contribution in [0.3, 0.4) is 0 Å². The highest BCUT2D eigenvalue weighted by atomic mass is 19.1. The van der Waals surface area contributed by atoms with E-state index >= 15 is 0 Å². The third-order valence-electron chi connectivity index (χ3n) is 4.88. The number of ether oxygens (including phenoxy) is 1. The van der Waals surface area contributed by atoms with Crippen LogP contribution >= 0.6 is 0 Å². The molecule has 2 aromatic carbocycles. The summed E-state index contributed by atoms with van der Waals surface area (Å²) in [5, 5.41) is 11.8. The molecule has 30 heavy (non-hydrogen) atoms. The number of benzene rings is 2. The molecule has 0 radical (unpaired) electrons. The Hall–Kier alpha value is -3.52. The fourth-order valence-corrected chi connectivity index (χ4v) is 3.07. The molecule has 0 spiro atoms. The fourth-order valence-electron chi connectivity index (χ4n) is 3.07. The maximum Gasteiger partial charge on any atom is 0.275 e. The van der Waals surface area contributed by atoms with Gasteiger partial charge in [-0.05, 0) is 36.2 Å². The maximum absolute atomic E-state index is 13.4. The second-order valence-electron chi connectivity index (χ2n) is 7.12. The number of rotatable bonds is 6. The highest BCUT2D eigenvalue weighted by molar-refractivity contribution is 6.02. The van der Waals surface area contributed by atoms with E-state index in [1.807, 2.05) is 11.8 Å². The van der Waals surface area contributed by atoms with Crippen molar-refractivity contribution in [1.82, 2.24) is 9.97 Å². The van der Waals surface area contributed by atoms with Gasteiger partial charge in [0.15, 0.2) is 0 Å². The summed E-state index contributed by atoms with van der Waals surface area (Å²) in [4.78, 5) is 22.8. The molecule has 1 amide bonds. The van der Waals surface area contributed by atoms with Gasteiger partial charge in [0.1, 0.15) is 29.2 Å². The SMILES string of the molecule is Cc1ccc(F)cc1OC1CN(c2cnc(C(=O)Nc3ccc(CO)cc3)cn2)C1. The van der Waals surface area contributed by atoms with E-state index in [1.54, 1.807) is 36.5 Å². The van der Waals surface area contributed by atoms with Gasteiger partial charge in [0.25, 0.3) is 5.91 Å². The highest BCUT2D eigenvalue weighted by Crippen LogP contribution is 2.25.